The molecule has 27 heavy (non-hydrogen) atoms. The molecule has 0 aliphatic carbocycles. The predicted octanol–water partition coefficient (Wildman–Crippen LogP) is 4.36. The Morgan fingerprint density at radius 1 is 1.00 bits per heavy atom. The van der Waals surface area contributed by atoms with Crippen molar-refractivity contribution in [1.29, 1.82) is 0 Å². The summed E-state index contributed by atoms with van der Waals surface area (Å²) in [6.45, 7) is 7.10. The van der Waals surface area contributed by atoms with E-state index in [1.54, 1.807) is 12.4 Å². The Kier molecular flexibility index (Phi) is 3.37. The first kappa shape index (κ1) is 16.1. The second-order valence-corrected chi connectivity index (χ2v) is 7.29. The third kappa shape index (κ3) is 2.29. The number of benzene rings is 1. The Morgan fingerprint density at radius 2 is 1.74 bits per heavy atom. The maximum Gasteiger partial charge on any atom is 0.227 e. The molecule has 6 heteroatoms. The first-order chi connectivity index (χ1) is 13.0. The Labute approximate surface area is 157 Å². The quantitative estimate of drug-likeness (QED) is 0.503. The van der Waals surface area contributed by atoms with Gasteiger partial charge in [0, 0.05) is 48.5 Å². The molecule has 136 valence electrons. The average molecular weight is 359 g/mol. The molecule has 0 bridgehead atoms. The van der Waals surface area contributed by atoms with E-state index in [-0.39, 0.29) is 0 Å². The van der Waals surface area contributed by atoms with Crippen molar-refractivity contribution in [2.24, 2.45) is 0 Å². The van der Waals surface area contributed by atoms with E-state index in [1.807, 2.05) is 13.0 Å². The number of anilines is 3. The summed E-state index contributed by atoms with van der Waals surface area (Å²) in [7, 11) is 2.07. The van der Waals surface area contributed by atoms with Gasteiger partial charge in [-0.05, 0) is 38.5 Å². The normalized spacial score (nSPS) is 17.0. The van der Waals surface area contributed by atoms with E-state index in [1.165, 1.54) is 0 Å². The fourth-order valence-electron chi connectivity index (χ4n) is 3.87. The summed E-state index contributed by atoms with van der Waals surface area (Å²) < 4.78 is 6.26. The van der Waals surface area contributed by atoms with E-state index in [9.17, 15) is 0 Å². The van der Waals surface area contributed by atoms with Crippen LogP contribution in [0, 0.1) is 13.8 Å². The van der Waals surface area contributed by atoms with Crippen molar-refractivity contribution >= 4 is 39.4 Å². The Balaban J connectivity index is 1.81. The molecule has 6 nitrogen and oxygen atoms in total. The smallest absolute Gasteiger partial charge is 0.227 e. The molecule has 0 N–H and O–H groups in total. The van der Waals surface area contributed by atoms with Crippen LogP contribution in [0.2, 0.25) is 0 Å². The SMILES string of the molecule is Cc1ccc2c(n1)oc1c(N3C[C@@H](C)N(C)c4nccnc43)c(C)ccc12. The van der Waals surface area contributed by atoms with E-state index in [0.29, 0.717) is 11.8 Å². The summed E-state index contributed by atoms with van der Waals surface area (Å²) in [5, 5.41) is 2.12. The number of hydrogen-bond acceptors (Lipinski definition) is 6. The van der Waals surface area contributed by atoms with Gasteiger partial charge in [0.15, 0.2) is 17.2 Å². The lowest BCUT2D eigenvalue weighted by Crippen LogP contribution is -2.44. The molecule has 1 aliphatic heterocycles. The number of furan rings is 1. The first-order valence-corrected chi connectivity index (χ1v) is 9.15. The second kappa shape index (κ2) is 5.67. The van der Waals surface area contributed by atoms with Crippen molar-refractivity contribution in [3.8, 4) is 0 Å². The third-order valence-corrected chi connectivity index (χ3v) is 5.45. The Morgan fingerprint density at radius 3 is 2.56 bits per heavy atom. The number of rotatable bonds is 1. The minimum absolute atomic E-state index is 0.300. The molecule has 0 unspecified atom stereocenters. The highest BCUT2D eigenvalue weighted by Crippen LogP contribution is 2.43. The van der Waals surface area contributed by atoms with Gasteiger partial charge >= 0.3 is 0 Å². The zero-order chi connectivity index (χ0) is 18.7. The Hall–Kier alpha value is -3.15. The van der Waals surface area contributed by atoms with Gasteiger partial charge in [-0.2, -0.15) is 0 Å². The van der Waals surface area contributed by atoms with Gasteiger partial charge in [-0.25, -0.2) is 15.0 Å². The van der Waals surface area contributed by atoms with Crippen LogP contribution in [0.5, 0.6) is 0 Å². The van der Waals surface area contributed by atoms with Gasteiger partial charge < -0.3 is 14.2 Å². The van der Waals surface area contributed by atoms with Crippen LogP contribution >= 0.6 is 0 Å². The van der Waals surface area contributed by atoms with Crippen molar-refractivity contribution in [1.82, 2.24) is 15.0 Å². The zero-order valence-corrected chi connectivity index (χ0v) is 15.9. The summed E-state index contributed by atoms with van der Waals surface area (Å²) in [5.41, 5.74) is 4.68. The van der Waals surface area contributed by atoms with Crippen LogP contribution in [-0.4, -0.2) is 34.6 Å². The van der Waals surface area contributed by atoms with Gasteiger partial charge in [0.1, 0.15) is 0 Å². The van der Waals surface area contributed by atoms with Crippen LogP contribution in [0.15, 0.2) is 41.1 Å². The van der Waals surface area contributed by atoms with Crippen LogP contribution in [0.4, 0.5) is 17.3 Å². The zero-order valence-electron chi connectivity index (χ0n) is 15.9. The first-order valence-electron chi connectivity index (χ1n) is 9.15. The summed E-state index contributed by atoms with van der Waals surface area (Å²) in [6, 6.07) is 8.67. The third-order valence-electron chi connectivity index (χ3n) is 5.45. The number of hydrogen-bond donors (Lipinski definition) is 0. The number of likely N-dealkylation sites (N-methyl/N-ethyl adjacent to an activating group) is 1. The minimum atomic E-state index is 0.300. The lowest BCUT2D eigenvalue weighted by molar-refractivity contribution is 0.630. The number of aromatic nitrogens is 3. The van der Waals surface area contributed by atoms with Crippen molar-refractivity contribution in [3.05, 3.63) is 47.9 Å². The molecule has 0 saturated carbocycles. The number of fused-ring (bicyclic) bond motifs is 4. The molecule has 4 heterocycles. The summed E-state index contributed by atoms with van der Waals surface area (Å²) >= 11 is 0. The van der Waals surface area contributed by atoms with Crippen LogP contribution in [0.3, 0.4) is 0 Å². The monoisotopic (exact) mass is 359 g/mol. The molecule has 0 spiro atoms. The fraction of sp³-hybridized carbons (Fsp3) is 0.286. The lowest BCUT2D eigenvalue weighted by Gasteiger charge is -2.39. The fourth-order valence-corrected chi connectivity index (χ4v) is 3.87. The van der Waals surface area contributed by atoms with Crippen molar-refractivity contribution in [3.63, 3.8) is 0 Å². The van der Waals surface area contributed by atoms with Gasteiger partial charge in [0.05, 0.1) is 5.69 Å². The maximum atomic E-state index is 6.26. The van der Waals surface area contributed by atoms with Crippen LogP contribution in [0.1, 0.15) is 18.2 Å². The topological polar surface area (TPSA) is 58.3 Å². The highest BCUT2D eigenvalue weighted by Gasteiger charge is 2.31. The largest absolute Gasteiger partial charge is 0.435 e. The summed E-state index contributed by atoms with van der Waals surface area (Å²) in [5.74, 6) is 1.75. The predicted molar refractivity (Wildman–Crippen MR) is 108 cm³/mol. The van der Waals surface area contributed by atoms with E-state index >= 15 is 0 Å². The van der Waals surface area contributed by atoms with Crippen LogP contribution in [0.25, 0.3) is 22.1 Å². The molecule has 5 rings (SSSR count). The van der Waals surface area contributed by atoms with Crippen molar-refractivity contribution in [2.45, 2.75) is 26.8 Å². The van der Waals surface area contributed by atoms with E-state index < -0.39 is 0 Å². The van der Waals surface area contributed by atoms with E-state index in [2.05, 4.69) is 63.8 Å². The van der Waals surface area contributed by atoms with Crippen molar-refractivity contribution in [2.75, 3.05) is 23.4 Å². The minimum Gasteiger partial charge on any atom is -0.435 e. The standard InChI is InChI=1S/C21H21N5O/c1-12-5-7-15-16-8-6-13(2)24-21(16)27-18(15)17(12)26-11-14(3)25(4)19-20(26)23-10-9-22-19/h5-10,14H,11H2,1-4H3/t14-/m1/s1. The van der Waals surface area contributed by atoms with E-state index in [0.717, 1.165) is 51.5 Å². The molecule has 1 atom stereocenters. The van der Waals surface area contributed by atoms with Gasteiger partial charge in [0.2, 0.25) is 5.71 Å². The molecule has 4 aromatic rings. The van der Waals surface area contributed by atoms with Gasteiger partial charge in [0.25, 0.3) is 0 Å². The highest BCUT2D eigenvalue weighted by molar-refractivity contribution is 6.09. The molecular formula is C21H21N5O. The molecular weight excluding hydrogens is 338 g/mol. The Bertz CT molecular complexity index is 1180. The molecule has 0 amide bonds. The van der Waals surface area contributed by atoms with Gasteiger partial charge in [-0.1, -0.05) is 12.1 Å². The molecule has 1 aliphatic rings. The van der Waals surface area contributed by atoms with Crippen LogP contribution < -0.4 is 9.80 Å². The summed E-state index contributed by atoms with van der Waals surface area (Å²) in [6.07, 6.45) is 3.49. The van der Waals surface area contributed by atoms with Crippen LogP contribution in [-0.2, 0) is 0 Å². The van der Waals surface area contributed by atoms with Crippen molar-refractivity contribution < 1.29 is 4.42 Å². The number of aryl methyl sites for hydroxylation is 2. The van der Waals surface area contributed by atoms with Gasteiger partial charge in [-0.15, -0.1) is 0 Å². The molecule has 0 fully saturated rings. The van der Waals surface area contributed by atoms with Gasteiger partial charge in [-0.3, -0.25) is 0 Å². The average Bonchev–Trinajstić information content (AvgIpc) is 3.02. The lowest BCUT2D eigenvalue weighted by atomic mass is 10.1. The molecule has 1 aromatic carbocycles. The van der Waals surface area contributed by atoms with E-state index in [4.69, 9.17) is 4.42 Å². The second-order valence-electron chi connectivity index (χ2n) is 7.29. The number of nitrogens with zero attached hydrogens (tertiary/aromatic N) is 5. The molecule has 3 aromatic heterocycles. The summed E-state index contributed by atoms with van der Waals surface area (Å²) in [4.78, 5) is 18.2. The maximum absolute atomic E-state index is 6.26. The molecule has 0 saturated heterocycles. The highest BCUT2D eigenvalue weighted by atomic mass is 16.3. The molecule has 0 radical (unpaired) electrons. The number of pyridine rings is 1.